The molecule has 5 aliphatic rings. The monoisotopic (exact) mass is 472 g/mol. The van der Waals surface area contributed by atoms with Crippen LogP contribution in [0.1, 0.15) is 110 Å². The third-order valence-electron chi connectivity index (χ3n) is 10.4. The van der Waals surface area contributed by atoms with Gasteiger partial charge in [0.25, 0.3) is 0 Å². The summed E-state index contributed by atoms with van der Waals surface area (Å²) in [5.41, 5.74) is 0. The van der Waals surface area contributed by atoms with E-state index in [0.29, 0.717) is 36.0 Å². The van der Waals surface area contributed by atoms with Crippen LogP contribution < -0.4 is 0 Å². The molecule has 194 valence electrons. The Hall–Kier alpha value is -0.450. The van der Waals surface area contributed by atoms with Crippen LogP contribution >= 0.6 is 0 Å². The lowest BCUT2D eigenvalue weighted by molar-refractivity contribution is -0.201. The number of ether oxygens (including phenoxy) is 1. The van der Waals surface area contributed by atoms with Crippen molar-refractivity contribution in [2.75, 3.05) is 26.2 Å². The summed E-state index contributed by atoms with van der Waals surface area (Å²) in [7, 11) is 0. The van der Waals surface area contributed by atoms with E-state index in [1.165, 1.54) is 110 Å². The molecule has 5 rings (SSSR count). The van der Waals surface area contributed by atoms with E-state index in [1.807, 2.05) is 0 Å². The molecule has 0 aliphatic carbocycles. The molecule has 34 heavy (non-hydrogen) atoms. The Morgan fingerprint density at radius 3 is 2.12 bits per heavy atom. The van der Waals surface area contributed by atoms with Crippen molar-refractivity contribution in [3.05, 3.63) is 0 Å². The van der Waals surface area contributed by atoms with Crippen LogP contribution in [0.2, 0.25) is 0 Å². The topological polar surface area (TPSA) is 32.8 Å². The van der Waals surface area contributed by atoms with Crippen LogP contribution in [0.5, 0.6) is 0 Å². The molecule has 5 fully saturated rings. The summed E-state index contributed by atoms with van der Waals surface area (Å²) < 4.78 is 6.84. The molecule has 0 aromatic heterocycles. The van der Waals surface area contributed by atoms with Crippen LogP contribution in [0.25, 0.3) is 0 Å². The van der Waals surface area contributed by atoms with Gasteiger partial charge in [0.1, 0.15) is 12.0 Å². The molecular formula is C30H52N2O2. The summed E-state index contributed by atoms with van der Waals surface area (Å²) in [6.07, 6.45) is 20.5. The molecule has 0 spiro atoms. The first-order valence-corrected chi connectivity index (χ1v) is 15.3. The van der Waals surface area contributed by atoms with Crippen molar-refractivity contribution >= 4 is 5.78 Å². The van der Waals surface area contributed by atoms with Crippen molar-refractivity contribution in [2.24, 2.45) is 29.6 Å². The maximum absolute atomic E-state index is 13.4. The highest BCUT2D eigenvalue weighted by atomic mass is 16.5. The fourth-order valence-electron chi connectivity index (χ4n) is 8.58. The smallest absolute Gasteiger partial charge is 0.141 e. The summed E-state index contributed by atoms with van der Waals surface area (Å²) in [5.74, 6) is 3.30. The van der Waals surface area contributed by atoms with Gasteiger partial charge in [-0.1, -0.05) is 58.8 Å². The quantitative estimate of drug-likeness (QED) is 0.415. The highest BCUT2D eigenvalue weighted by Gasteiger charge is 2.45. The molecule has 1 unspecified atom stereocenters. The average molecular weight is 473 g/mol. The number of carbonyl (C=O) groups excluding carboxylic acids is 1. The van der Waals surface area contributed by atoms with E-state index in [0.717, 1.165) is 24.8 Å². The van der Waals surface area contributed by atoms with Gasteiger partial charge < -0.3 is 4.74 Å². The molecule has 4 heteroatoms. The molecule has 0 radical (unpaired) electrons. The number of hydrogen-bond donors (Lipinski definition) is 0. The number of nitrogens with zero attached hydrogens (tertiary/aromatic N) is 2. The van der Waals surface area contributed by atoms with Crippen molar-refractivity contribution in [2.45, 2.75) is 129 Å². The van der Waals surface area contributed by atoms with E-state index in [2.05, 4.69) is 23.6 Å². The molecule has 0 N–H and O–H groups in total. The van der Waals surface area contributed by atoms with Crippen LogP contribution in [0.15, 0.2) is 0 Å². The summed E-state index contributed by atoms with van der Waals surface area (Å²) in [5, 5.41) is 0. The fourth-order valence-corrected chi connectivity index (χ4v) is 8.58. The van der Waals surface area contributed by atoms with Crippen LogP contribution in [0, 0.1) is 29.6 Å². The standard InChI is InChI=1S/C30H52N2O2/c1-22-20-32-19-11-15-25-13-7-5-8-16-26-28-24(14-10-18-31(28)21-23(2)29(26)33)12-6-3-4-9-17-27(22)34-30(25)32/h22-28,30H,3-21H2,1-2H3/t22-,23+,24-,25+,26+,27?,28-,30-/m0/s1. The van der Waals surface area contributed by atoms with Crippen LogP contribution in [-0.4, -0.2) is 60.1 Å². The lowest BCUT2D eigenvalue weighted by Gasteiger charge is -2.50. The number of ketones is 1. The molecule has 0 saturated carbocycles. The van der Waals surface area contributed by atoms with Gasteiger partial charge in [-0.25, -0.2) is 0 Å². The van der Waals surface area contributed by atoms with Gasteiger partial charge in [0.15, 0.2) is 0 Å². The first-order valence-electron chi connectivity index (χ1n) is 15.3. The average Bonchev–Trinajstić information content (AvgIpc) is 2.83. The second kappa shape index (κ2) is 11.7. The van der Waals surface area contributed by atoms with Crippen molar-refractivity contribution in [1.82, 2.24) is 9.80 Å². The van der Waals surface area contributed by atoms with Gasteiger partial charge in [-0.15, -0.1) is 0 Å². The van der Waals surface area contributed by atoms with Gasteiger partial charge in [0.05, 0.1) is 6.10 Å². The zero-order chi connectivity index (χ0) is 23.5. The van der Waals surface area contributed by atoms with Gasteiger partial charge in [0, 0.05) is 37.5 Å². The molecule has 2 bridgehead atoms. The highest BCUT2D eigenvalue weighted by molar-refractivity contribution is 5.85. The van der Waals surface area contributed by atoms with Gasteiger partial charge >= 0.3 is 0 Å². The minimum atomic E-state index is 0.241. The van der Waals surface area contributed by atoms with E-state index in [1.54, 1.807) is 0 Å². The Balaban J connectivity index is 1.26. The zero-order valence-electron chi connectivity index (χ0n) is 22.3. The third kappa shape index (κ3) is 5.59. The van der Waals surface area contributed by atoms with Crippen LogP contribution in [0.4, 0.5) is 0 Å². The lowest BCUT2D eigenvalue weighted by Crippen LogP contribution is -2.58. The molecule has 5 aliphatic heterocycles. The molecule has 5 heterocycles. The van der Waals surface area contributed by atoms with Crippen molar-refractivity contribution in [3.8, 4) is 0 Å². The summed E-state index contributed by atoms with van der Waals surface area (Å²) in [4.78, 5) is 18.8. The molecular weight excluding hydrogens is 420 g/mol. The Bertz CT molecular complexity index is 668. The predicted molar refractivity (Wildman–Crippen MR) is 139 cm³/mol. The number of rotatable bonds is 0. The lowest BCUT2D eigenvalue weighted by atomic mass is 9.70. The third-order valence-corrected chi connectivity index (χ3v) is 10.4. The zero-order valence-corrected chi connectivity index (χ0v) is 22.3. The van der Waals surface area contributed by atoms with Gasteiger partial charge in [-0.3, -0.25) is 14.6 Å². The van der Waals surface area contributed by atoms with E-state index in [4.69, 9.17) is 4.74 Å². The Kier molecular flexibility index (Phi) is 8.70. The molecule has 0 aromatic rings. The summed E-state index contributed by atoms with van der Waals surface area (Å²) in [6.45, 7) is 9.35. The second-order valence-corrected chi connectivity index (χ2v) is 12.9. The van der Waals surface area contributed by atoms with Crippen LogP contribution in [-0.2, 0) is 9.53 Å². The normalized spacial score (nSPS) is 44.0. The van der Waals surface area contributed by atoms with Crippen molar-refractivity contribution in [3.63, 3.8) is 0 Å². The number of hydrogen-bond acceptors (Lipinski definition) is 4. The first-order chi connectivity index (χ1) is 16.6. The number of carbonyl (C=O) groups is 1. The van der Waals surface area contributed by atoms with Crippen LogP contribution in [0.3, 0.4) is 0 Å². The first kappa shape index (κ1) is 25.2. The van der Waals surface area contributed by atoms with Gasteiger partial charge in [-0.05, 0) is 75.7 Å². The largest absolute Gasteiger partial charge is 0.359 e. The second-order valence-electron chi connectivity index (χ2n) is 12.9. The Labute approximate surface area is 209 Å². The predicted octanol–water partition coefficient (Wildman–Crippen LogP) is 6.28. The maximum Gasteiger partial charge on any atom is 0.141 e. The fraction of sp³-hybridized carbons (Fsp3) is 0.967. The minimum Gasteiger partial charge on any atom is -0.359 e. The van der Waals surface area contributed by atoms with E-state index < -0.39 is 0 Å². The Morgan fingerprint density at radius 2 is 1.29 bits per heavy atom. The molecule has 0 aromatic carbocycles. The molecule has 8 atom stereocenters. The molecule has 0 amide bonds. The molecule has 5 saturated heterocycles. The molecule has 4 nitrogen and oxygen atoms in total. The SMILES string of the molecule is C[C@@H]1CN2CCC[C@@H]3CCCCCCC4O[C@H]5[C@H](CCCCC[C@@H](C1=O)[C@H]32)CCCN5C[C@@H]4C. The number of Topliss-reactive ketones (excluding diaryl/α,β-unsaturated/α-hetero) is 1. The Morgan fingerprint density at radius 1 is 0.676 bits per heavy atom. The number of fused-ring (bicyclic) bond motifs is 1. The minimum absolute atomic E-state index is 0.241. The van der Waals surface area contributed by atoms with E-state index in [9.17, 15) is 4.79 Å². The number of piperidine rings is 3. The van der Waals surface area contributed by atoms with Gasteiger partial charge in [0.2, 0.25) is 0 Å². The van der Waals surface area contributed by atoms with Crippen molar-refractivity contribution in [1.29, 1.82) is 0 Å². The van der Waals surface area contributed by atoms with E-state index >= 15 is 0 Å². The summed E-state index contributed by atoms with van der Waals surface area (Å²) in [6, 6.07) is 0.553. The highest BCUT2D eigenvalue weighted by Crippen LogP contribution is 2.40. The van der Waals surface area contributed by atoms with Crippen molar-refractivity contribution < 1.29 is 9.53 Å². The van der Waals surface area contributed by atoms with E-state index in [-0.39, 0.29) is 5.92 Å². The van der Waals surface area contributed by atoms with Gasteiger partial charge in [-0.2, -0.15) is 0 Å². The summed E-state index contributed by atoms with van der Waals surface area (Å²) >= 11 is 0. The maximum atomic E-state index is 13.4.